The molecule has 0 radical (unpaired) electrons. The summed E-state index contributed by atoms with van der Waals surface area (Å²) in [6, 6.07) is 11.8. The van der Waals surface area contributed by atoms with Crippen LogP contribution in [0.5, 0.6) is 0 Å². The molecule has 4 aliphatic heterocycles. The number of aryl methyl sites for hydroxylation is 4. The molecule has 12 rings (SSSR count). The van der Waals surface area contributed by atoms with Gasteiger partial charge in [0, 0.05) is 178 Å². The fourth-order valence-electron chi connectivity index (χ4n) is 17.7. The molecule has 4 aromatic heterocycles. The molecule has 2 aromatic carbocycles. The number of cyclic esters (lactones) is 2. The third-order valence-electron chi connectivity index (χ3n) is 29.2. The average molecular weight is 2690 g/mol. The Morgan fingerprint density at radius 1 is 0.407 bits per heavy atom. The fraction of sp³-hybridized carbons (Fsp3) is 0.630. The SMILES string of the molecule is C/C1=C/CC(/C(C)=C/c2csc(C)n2)CC(=O)C[C@H](O)C(C)(C)C(=O)[CH-][C@@H](O)[C@@H](C)CCC1.C/C1=C/CC(/C(C)=C/c2csc(C)n2)CC(=O)C[C@H](O)C(C)(C)C(=O)[CH-][C@@H](O)[C@@H](C)CCC1.Cc1nc2cc(C3C[C@@H]4O[C@]4(C)CCC[C@H](C)[C@H](O)[CH-]C(=O)C(C)(C)[C@@H](O)CC(=O)O3)ccc2s1.Cc1nc2cc(C3C[C@@H]4O[C@]4(C)CCC[C@H](C)[C@H](O)[CH-]C(=O)C(C)(C)[C@@H](O)CC(=O)O3)ccc2s1.[W].[W].[W].[W]. The standard InChI is InChI=1S/2C27H36NO6S.2C27H40NO4S.4W/c2*1-15-7-6-10-27(5)24(34-27)13-20(17-8-9-21-18(11-17)28-16(2)35-21)33-25(32)14-23(31)26(3,4)22(30)12-19(15)29;2*1-17-8-7-9-18(2)24(30)15-26(32)27(5,6)25(31)14-23(29)13-21(11-10-17)19(3)12-22-16-33-20(4)28-22;;;;/h2*8-9,11-12,15,19-20,23-24,29,31H,6-7,10,13-14H2,1-5H3;2*10,12,15-16,18,21,24-25,30-31H,7-9,11,13-14H2,1-6H3;;;;/q4*-1;;;;/b;;2*17-10-,19-12+;;;;/t2*15-,19+,20?,23-,24-,27+;2*18-,21?,24+,25-;;;;/m0000..../s1. The molecule has 0 spiro atoms. The molecule has 8 heterocycles. The van der Waals surface area contributed by atoms with Crippen molar-refractivity contribution in [2.45, 2.75) is 378 Å². The van der Waals surface area contributed by atoms with Crippen LogP contribution in [0.3, 0.4) is 0 Å². The normalized spacial score (nSPS) is 31.7. The van der Waals surface area contributed by atoms with Gasteiger partial charge in [-0.05, 0) is 228 Å². The van der Waals surface area contributed by atoms with E-state index in [1.807, 2.05) is 129 Å². The molecule has 24 nitrogen and oxygen atoms in total. The van der Waals surface area contributed by atoms with Crippen molar-refractivity contribution in [1.82, 2.24) is 19.9 Å². The van der Waals surface area contributed by atoms with E-state index in [2.05, 4.69) is 59.8 Å². The van der Waals surface area contributed by atoms with Crippen molar-refractivity contribution in [1.29, 1.82) is 0 Å². The van der Waals surface area contributed by atoms with Crippen LogP contribution in [0.4, 0.5) is 0 Å². The average Bonchev–Trinajstić information content (AvgIpc) is 1.64. The van der Waals surface area contributed by atoms with E-state index in [-0.39, 0.29) is 204 Å². The second kappa shape index (κ2) is 55.5. The topological polar surface area (TPSA) is 393 Å². The number of rotatable bonds is 6. The number of thiazole rings is 4. The molecule has 0 amide bonds. The molecule has 2 aliphatic carbocycles. The molecule has 32 heteroatoms. The quantitative estimate of drug-likeness (QED) is 0.0332. The Morgan fingerprint density at radius 2 is 0.707 bits per heavy atom. The van der Waals surface area contributed by atoms with Gasteiger partial charge in [0.2, 0.25) is 0 Å². The van der Waals surface area contributed by atoms with Crippen LogP contribution in [0, 0.1) is 111 Å². The number of Topliss-reactive ketones (excluding diaryl/α,β-unsaturated/α-hetero) is 6. The van der Waals surface area contributed by atoms with Crippen molar-refractivity contribution < 1.29 is 182 Å². The van der Waals surface area contributed by atoms with Gasteiger partial charge in [-0.25, -0.2) is 19.9 Å². The second-order valence-electron chi connectivity index (χ2n) is 42.3. The smallest absolute Gasteiger partial charge is 0.309 e. The molecule has 20 atom stereocenters. The zero-order chi connectivity index (χ0) is 101. The Labute approximate surface area is 903 Å². The van der Waals surface area contributed by atoms with E-state index in [9.17, 15) is 79.2 Å². The van der Waals surface area contributed by atoms with Gasteiger partial charge < -0.3 is 79.0 Å². The molecular formula is C108H152N4O20S4W4-4. The number of aromatic nitrogens is 4. The number of nitrogens with zero attached hydrogens (tertiary/aromatic N) is 4. The number of fused-ring (bicyclic) bond motifs is 4. The molecule has 8 N–H and O–H groups in total. The maximum absolute atomic E-state index is 13.0. The first-order chi connectivity index (χ1) is 63.6. The Balaban J connectivity index is 0.000000326. The van der Waals surface area contributed by atoms with Crippen molar-refractivity contribution in [2.24, 2.45) is 57.2 Å². The predicted molar refractivity (Wildman–Crippen MR) is 537 cm³/mol. The maximum atomic E-state index is 13.0. The molecular weight excluding hydrogens is 2540 g/mol. The van der Waals surface area contributed by atoms with Gasteiger partial charge in [-0.15, -0.1) is 45.3 Å². The molecule has 4 saturated heterocycles. The molecule has 6 aliphatic rings. The largest absolute Gasteiger partial charge is 0.457 e. The van der Waals surface area contributed by atoms with Crippen LogP contribution in [-0.4, -0.2) is 180 Å². The van der Waals surface area contributed by atoms with Crippen molar-refractivity contribution in [3.8, 4) is 0 Å². The van der Waals surface area contributed by atoms with Gasteiger partial charge in [-0.3, -0.25) is 44.9 Å². The van der Waals surface area contributed by atoms with Crippen LogP contribution >= 0.6 is 45.3 Å². The first-order valence-electron chi connectivity index (χ1n) is 48.6. The summed E-state index contributed by atoms with van der Waals surface area (Å²) in [7, 11) is 0. The number of esters is 2. The third-order valence-corrected chi connectivity index (χ3v) is 32.7. The summed E-state index contributed by atoms with van der Waals surface area (Å²) in [6.45, 7) is 40.9. The van der Waals surface area contributed by atoms with Crippen LogP contribution in [0.25, 0.3) is 32.6 Å². The van der Waals surface area contributed by atoms with Crippen molar-refractivity contribution in [2.75, 3.05) is 0 Å². The third kappa shape index (κ3) is 36.3. The summed E-state index contributed by atoms with van der Waals surface area (Å²) in [6.07, 6.45) is 16.6. The Hall–Kier alpha value is -4.77. The van der Waals surface area contributed by atoms with Gasteiger partial charge in [0.15, 0.2) is 0 Å². The van der Waals surface area contributed by atoms with Crippen LogP contribution in [0.1, 0.15) is 321 Å². The number of aliphatic hydroxyl groups is 8. The van der Waals surface area contributed by atoms with Crippen molar-refractivity contribution in [3.05, 3.63) is 150 Å². The summed E-state index contributed by atoms with van der Waals surface area (Å²) in [5, 5.41) is 93.1. The number of carbonyl (C=O) groups excluding carboxylic acids is 8. The van der Waals surface area contributed by atoms with Crippen LogP contribution in [-0.2, 0) is 142 Å². The number of aliphatic hydroxyl groups excluding tert-OH is 8. The minimum Gasteiger partial charge on any atom is -0.457 e. The van der Waals surface area contributed by atoms with Gasteiger partial charge in [-0.1, -0.05) is 168 Å². The molecule has 0 bridgehead atoms. The zero-order valence-corrected chi connectivity index (χ0v) is 101. The predicted octanol–water partition coefficient (Wildman–Crippen LogP) is 19.9. The fourth-order valence-corrected chi connectivity index (χ4v) is 20.5. The monoisotopic (exact) mass is 2690 g/mol. The second-order valence-corrected chi connectivity index (χ2v) is 46.9. The van der Waals surface area contributed by atoms with Crippen LogP contribution in [0.2, 0.25) is 0 Å². The first kappa shape index (κ1) is 126. The summed E-state index contributed by atoms with van der Waals surface area (Å²) in [4.78, 5) is 121. The van der Waals surface area contributed by atoms with E-state index in [4.69, 9.17) is 18.9 Å². The Bertz CT molecular complexity index is 4930. The number of benzene rings is 2. The van der Waals surface area contributed by atoms with Gasteiger partial charge in [0.05, 0.1) is 113 Å². The van der Waals surface area contributed by atoms with Gasteiger partial charge in [-0.2, -0.15) is 0 Å². The van der Waals surface area contributed by atoms with E-state index in [0.29, 0.717) is 25.7 Å². The maximum Gasteiger partial charge on any atom is 0.309 e. The Kier molecular flexibility index (Phi) is 49.8. The summed E-state index contributed by atoms with van der Waals surface area (Å²) < 4.78 is 26.1. The minimum atomic E-state index is -1.25. The zero-order valence-electron chi connectivity index (χ0n) is 85.7. The van der Waals surface area contributed by atoms with Crippen LogP contribution in [0.15, 0.2) is 81.6 Å². The number of ether oxygens (including phenoxy) is 4. The van der Waals surface area contributed by atoms with E-state index >= 15 is 0 Å². The van der Waals surface area contributed by atoms with Gasteiger partial charge in [0.25, 0.3) is 0 Å². The van der Waals surface area contributed by atoms with Crippen molar-refractivity contribution >= 4 is 125 Å². The minimum absolute atomic E-state index is 0. The summed E-state index contributed by atoms with van der Waals surface area (Å²) in [5.41, 5.74) is 4.56. The molecule has 4 unspecified atom stereocenters. The summed E-state index contributed by atoms with van der Waals surface area (Å²) >= 11 is 6.43. The van der Waals surface area contributed by atoms with Crippen LogP contribution < -0.4 is 0 Å². The number of hydrogen-bond acceptors (Lipinski definition) is 28. The Morgan fingerprint density at radius 3 is 1.01 bits per heavy atom. The van der Waals surface area contributed by atoms with E-state index in [1.54, 1.807) is 101 Å². The molecule has 140 heavy (non-hydrogen) atoms. The molecule has 0 saturated carbocycles. The molecule has 6 aromatic rings. The van der Waals surface area contributed by atoms with E-state index < -0.39 is 94.6 Å². The molecule has 776 valence electrons. The number of allylic oxidation sites excluding steroid dienone is 6. The number of ketones is 6. The number of carbonyl (C=O) groups is 8. The number of epoxide rings is 2. The summed E-state index contributed by atoms with van der Waals surface area (Å²) in [5.74, 6) is -3.00. The molecule has 4 fully saturated rings. The van der Waals surface area contributed by atoms with E-state index in [0.717, 1.165) is 164 Å². The van der Waals surface area contributed by atoms with Gasteiger partial charge in [0.1, 0.15) is 23.8 Å². The van der Waals surface area contributed by atoms with Gasteiger partial charge >= 0.3 is 11.9 Å². The first-order valence-corrected chi connectivity index (χ1v) is 52.0. The number of hydrogen-bond donors (Lipinski definition) is 8. The van der Waals surface area contributed by atoms with Crippen molar-refractivity contribution in [3.63, 3.8) is 0 Å². The van der Waals surface area contributed by atoms with E-state index in [1.165, 1.54) is 36.8 Å².